The molecule has 2 aromatic rings. The predicted octanol–water partition coefficient (Wildman–Crippen LogP) is 1.89. The first-order valence-electron chi connectivity index (χ1n) is 9.68. The Hall–Kier alpha value is -3.06. The number of carbonyl (C=O) groups is 1. The third-order valence-corrected chi connectivity index (χ3v) is 4.34. The maximum Gasteiger partial charge on any atom is 0.251 e. The Balaban J connectivity index is 1.83. The van der Waals surface area contributed by atoms with Crippen LogP contribution in [-0.4, -0.2) is 50.3 Å². The van der Waals surface area contributed by atoms with Gasteiger partial charge < -0.3 is 25.8 Å². The second-order valence-electron chi connectivity index (χ2n) is 6.75. The van der Waals surface area contributed by atoms with Gasteiger partial charge in [0.15, 0.2) is 5.96 Å². The zero-order valence-electron chi connectivity index (χ0n) is 17.2. The summed E-state index contributed by atoms with van der Waals surface area (Å²) < 4.78 is 5.09. The van der Waals surface area contributed by atoms with Gasteiger partial charge >= 0.3 is 0 Å². The first-order valence-corrected chi connectivity index (χ1v) is 9.68. The van der Waals surface area contributed by atoms with Gasteiger partial charge in [0.05, 0.1) is 13.7 Å². The highest BCUT2D eigenvalue weighted by Gasteiger charge is 2.22. The van der Waals surface area contributed by atoms with Crippen LogP contribution in [0.3, 0.4) is 0 Å². The van der Waals surface area contributed by atoms with Crippen LogP contribution in [0.15, 0.2) is 59.6 Å². The summed E-state index contributed by atoms with van der Waals surface area (Å²) in [7, 11) is 1.59. The van der Waals surface area contributed by atoms with E-state index in [1.54, 1.807) is 38.3 Å². The molecule has 4 N–H and O–H groups in total. The van der Waals surface area contributed by atoms with E-state index in [9.17, 15) is 9.90 Å². The standard InChI is InChI=1S/C22H30N4O3/c1-4-23-21(26-16-22(2,28)18-8-6-5-7-9-18)25-15-14-24-20(27)17-10-12-19(29-3)13-11-17/h5-13,28H,4,14-16H2,1-3H3,(H,24,27)(H2,23,25,26). The van der Waals surface area contributed by atoms with Gasteiger partial charge in [-0.3, -0.25) is 4.79 Å². The van der Waals surface area contributed by atoms with Gasteiger partial charge in [0, 0.05) is 25.2 Å². The lowest BCUT2D eigenvalue weighted by atomic mass is 9.96. The number of hydrogen-bond acceptors (Lipinski definition) is 4. The highest BCUT2D eigenvalue weighted by atomic mass is 16.5. The van der Waals surface area contributed by atoms with Gasteiger partial charge in [-0.25, -0.2) is 4.99 Å². The van der Waals surface area contributed by atoms with Crippen molar-refractivity contribution in [2.24, 2.45) is 4.99 Å². The van der Waals surface area contributed by atoms with Crippen molar-refractivity contribution in [2.75, 3.05) is 33.3 Å². The van der Waals surface area contributed by atoms with Crippen molar-refractivity contribution < 1.29 is 14.6 Å². The fourth-order valence-electron chi connectivity index (χ4n) is 2.66. The van der Waals surface area contributed by atoms with Crippen molar-refractivity contribution in [3.63, 3.8) is 0 Å². The van der Waals surface area contributed by atoms with Crippen molar-refractivity contribution >= 4 is 11.9 Å². The molecule has 0 spiro atoms. The number of hydrogen-bond donors (Lipinski definition) is 4. The van der Waals surface area contributed by atoms with Crippen LogP contribution in [0, 0.1) is 0 Å². The Bertz CT molecular complexity index is 789. The molecule has 1 amide bonds. The van der Waals surface area contributed by atoms with E-state index < -0.39 is 5.60 Å². The van der Waals surface area contributed by atoms with E-state index >= 15 is 0 Å². The number of nitrogens with one attached hydrogen (secondary N) is 3. The van der Waals surface area contributed by atoms with E-state index in [0.29, 0.717) is 36.9 Å². The quantitative estimate of drug-likeness (QED) is 0.294. The van der Waals surface area contributed by atoms with E-state index in [4.69, 9.17) is 4.74 Å². The van der Waals surface area contributed by atoms with Crippen LogP contribution >= 0.6 is 0 Å². The summed E-state index contributed by atoms with van der Waals surface area (Å²) in [5.41, 5.74) is 0.322. The van der Waals surface area contributed by atoms with Gasteiger partial charge in [0.2, 0.25) is 0 Å². The molecule has 156 valence electrons. The summed E-state index contributed by atoms with van der Waals surface area (Å²) in [5.74, 6) is 1.15. The normalized spacial score (nSPS) is 13.3. The third kappa shape index (κ3) is 7.12. The number of nitrogens with zero attached hydrogens (tertiary/aromatic N) is 1. The highest BCUT2D eigenvalue weighted by Crippen LogP contribution is 2.20. The Kier molecular flexibility index (Phi) is 8.48. The number of aliphatic imine (C=N–C) groups is 1. The fraction of sp³-hybridized carbons (Fsp3) is 0.364. The second kappa shape index (κ2) is 11.1. The molecular weight excluding hydrogens is 368 g/mol. The summed E-state index contributed by atoms with van der Waals surface area (Å²) in [5, 5.41) is 19.8. The van der Waals surface area contributed by atoms with Gasteiger partial charge in [0.1, 0.15) is 11.4 Å². The Morgan fingerprint density at radius 1 is 1.03 bits per heavy atom. The summed E-state index contributed by atoms with van der Waals surface area (Å²) in [4.78, 5) is 16.6. The minimum atomic E-state index is -1.06. The maximum absolute atomic E-state index is 12.2. The first kappa shape index (κ1) is 22.2. The average molecular weight is 399 g/mol. The fourth-order valence-corrected chi connectivity index (χ4v) is 2.66. The third-order valence-electron chi connectivity index (χ3n) is 4.34. The van der Waals surface area contributed by atoms with Crippen molar-refractivity contribution in [3.05, 3.63) is 65.7 Å². The topological polar surface area (TPSA) is 95.0 Å². The van der Waals surface area contributed by atoms with Crippen molar-refractivity contribution in [3.8, 4) is 5.75 Å². The van der Waals surface area contributed by atoms with Crippen LogP contribution < -0.4 is 20.7 Å². The van der Waals surface area contributed by atoms with Crippen LogP contribution in [-0.2, 0) is 5.60 Å². The van der Waals surface area contributed by atoms with Gasteiger partial charge in [-0.15, -0.1) is 0 Å². The van der Waals surface area contributed by atoms with Gasteiger partial charge in [-0.05, 0) is 43.7 Å². The van der Waals surface area contributed by atoms with E-state index in [0.717, 1.165) is 5.56 Å². The molecule has 0 aliphatic carbocycles. The molecule has 0 aliphatic rings. The summed E-state index contributed by atoms with van der Waals surface area (Å²) >= 11 is 0. The van der Waals surface area contributed by atoms with Gasteiger partial charge in [0.25, 0.3) is 5.91 Å². The monoisotopic (exact) mass is 398 g/mol. The number of methoxy groups -OCH3 is 1. The number of rotatable bonds is 9. The minimum Gasteiger partial charge on any atom is -0.497 e. The number of carbonyl (C=O) groups excluding carboxylic acids is 1. The van der Waals surface area contributed by atoms with E-state index in [1.165, 1.54) is 0 Å². The molecule has 1 unspecified atom stereocenters. The lowest BCUT2D eigenvalue weighted by Gasteiger charge is -2.22. The van der Waals surface area contributed by atoms with Gasteiger partial charge in [-0.2, -0.15) is 0 Å². The maximum atomic E-state index is 12.2. The Morgan fingerprint density at radius 3 is 2.31 bits per heavy atom. The average Bonchev–Trinajstić information content (AvgIpc) is 2.75. The molecule has 0 bridgehead atoms. The molecule has 1 atom stereocenters. The predicted molar refractivity (Wildman–Crippen MR) is 115 cm³/mol. The van der Waals surface area contributed by atoms with Crippen LogP contribution in [0.2, 0.25) is 0 Å². The zero-order chi connectivity index (χ0) is 21.1. The minimum absolute atomic E-state index is 0.150. The number of benzene rings is 2. The molecule has 0 aromatic heterocycles. The smallest absolute Gasteiger partial charge is 0.251 e. The Morgan fingerprint density at radius 2 is 1.69 bits per heavy atom. The second-order valence-corrected chi connectivity index (χ2v) is 6.75. The highest BCUT2D eigenvalue weighted by molar-refractivity contribution is 5.94. The molecule has 2 aromatic carbocycles. The number of guanidine groups is 1. The molecule has 2 rings (SSSR count). The van der Waals surface area contributed by atoms with Crippen LogP contribution in [0.4, 0.5) is 0 Å². The summed E-state index contributed by atoms with van der Waals surface area (Å²) in [6.45, 7) is 5.55. The van der Waals surface area contributed by atoms with E-state index in [-0.39, 0.29) is 12.5 Å². The summed E-state index contributed by atoms with van der Waals surface area (Å²) in [6, 6.07) is 16.4. The lowest BCUT2D eigenvalue weighted by molar-refractivity contribution is 0.0672. The molecule has 0 fully saturated rings. The molecule has 0 radical (unpaired) electrons. The first-order chi connectivity index (χ1) is 14.0. The van der Waals surface area contributed by atoms with Crippen molar-refractivity contribution in [1.82, 2.24) is 16.0 Å². The number of ether oxygens (including phenoxy) is 1. The summed E-state index contributed by atoms with van der Waals surface area (Å²) in [6.07, 6.45) is 0. The molecule has 0 heterocycles. The SMILES string of the molecule is CCNC(=NCC(C)(O)c1ccccc1)NCCNC(=O)c1ccc(OC)cc1. The number of amides is 1. The Labute approximate surface area is 172 Å². The van der Waals surface area contributed by atoms with Crippen molar-refractivity contribution in [2.45, 2.75) is 19.4 Å². The molecule has 0 saturated carbocycles. The van der Waals surface area contributed by atoms with Crippen LogP contribution in [0.5, 0.6) is 5.75 Å². The van der Waals surface area contributed by atoms with Gasteiger partial charge in [-0.1, -0.05) is 30.3 Å². The molecule has 7 heteroatoms. The van der Waals surface area contributed by atoms with E-state index in [2.05, 4.69) is 20.9 Å². The van der Waals surface area contributed by atoms with Crippen molar-refractivity contribution in [1.29, 1.82) is 0 Å². The zero-order valence-corrected chi connectivity index (χ0v) is 17.2. The van der Waals surface area contributed by atoms with Crippen LogP contribution in [0.25, 0.3) is 0 Å². The molecule has 0 saturated heterocycles. The molecule has 0 aliphatic heterocycles. The van der Waals surface area contributed by atoms with E-state index in [1.807, 2.05) is 37.3 Å². The van der Waals surface area contributed by atoms with Crippen LogP contribution in [0.1, 0.15) is 29.8 Å². The molecule has 7 nitrogen and oxygen atoms in total. The largest absolute Gasteiger partial charge is 0.497 e. The number of aliphatic hydroxyl groups is 1. The molecular formula is C22H30N4O3. The lowest BCUT2D eigenvalue weighted by Crippen LogP contribution is -2.42. The molecule has 29 heavy (non-hydrogen) atoms.